The molecule has 0 radical (unpaired) electrons. The molecule has 1 aromatic rings. The highest BCUT2D eigenvalue weighted by Gasteiger charge is 2.35. The molecule has 1 unspecified atom stereocenters. The first kappa shape index (κ1) is 10.5. The zero-order chi connectivity index (χ0) is 11.5. The summed E-state index contributed by atoms with van der Waals surface area (Å²) < 4.78 is 0. The summed E-state index contributed by atoms with van der Waals surface area (Å²) in [6.45, 7) is 0. The van der Waals surface area contributed by atoms with E-state index in [0.29, 0.717) is 5.69 Å². The van der Waals surface area contributed by atoms with Crippen LogP contribution in [0, 0.1) is 5.92 Å². The molecule has 0 aromatic carbocycles. The van der Waals surface area contributed by atoms with Crippen molar-refractivity contribution in [3.8, 4) is 0 Å². The standard InChI is InChI=1S/C9H13N5O2/c10-8(14-16)7(5-1-2-5)12-9(15)6-3-4-11-13-6/h3-5,7,16H,1-2H2,(H2,10,14)(H,11,13)(H,12,15). The Morgan fingerprint density at radius 3 is 3.00 bits per heavy atom. The minimum absolute atomic E-state index is 0.0374. The van der Waals surface area contributed by atoms with E-state index in [9.17, 15) is 4.79 Å². The largest absolute Gasteiger partial charge is 0.409 e. The van der Waals surface area contributed by atoms with E-state index in [1.54, 1.807) is 6.07 Å². The Morgan fingerprint density at radius 2 is 2.50 bits per heavy atom. The number of aromatic amines is 1. The summed E-state index contributed by atoms with van der Waals surface area (Å²) in [5.74, 6) is -0.000799. The predicted octanol–water partition coefficient (Wildman–Crippen LogP) is -0.336. The van der Waals surface area contributed by atoms with E-state index in [0.717, 1.165) is 12.8 Å². The van der Waals surface area contributed by atoms with Crippen LogP contribution in [-0.2, 0) is 0 Å². The highest BCUT2D eigenvalue weighted by Crippen LogP contribution is 2.32. The summed E-state index contributed by atoms with van der Waals surface area (Å²) in [6.07, 6.45) is 3.44. The third-order valence-corrected chi connectivity index (χ3v) is 2.56. The normalized spacial score (nSPS) is 18.1. The minimum Gasteiger partial charge on any atom is -0.409 e. The maximum atomic E-state index is 11.7. The second-order valence-electron chi connectivity index (χ2n) is 3.78. The van der Waals surface area contributed by atoms with Crippen molar-refractivity contribution in [2.75, 3.05) is 0 Å². The van der Waals surface area contributed by atoms with E-state index in [4.69, 9.17) is 10.9 Å². The van der Waals surface area contributed by atoms with Gasteiger partial charge in [0.15, 0.2) is 5.84 Å². The van der Waals surface area contributed by atoms with Gasteiger partial charge in [-0.15, -0.1) is 0 Å². The number of nitrogens with two attached hydrogens (primary N) is 1. The van der Waals surface area contributed by atoms with Crippen LogP contribution in [0.2, 0.25) is 0 Å². The van der Waals surface area contributed by atoms with Crippen LogP contribution in [0.15, 0.2) is 17.4 Å². The van der Waals surface area contributed by atoms with Crippen molar-refractivity contribution in [3.63, 3.8) is 0 Å². The van der Waals surface area contributed by atoms with E-state index in [1.165, 1.54) is 6.20 Å². The highest BCUT2D eigenvalue weighted by atomic mass is 16.4. The summed E-state index contributed by atoms with van der Waals surface area (Å²) in [4.78, 5) is 11.7. The first-order valence-electron chi connectivity index (χ1n) is 5.00. The maximum absolute atomic E-state index is 11.7. The molecule has 1 atom stereocenters. The fourth-order valence-electron chi connectivity index (χ4n) is 1.53. The molecule has 7 heteroatoms. The maximum Gasteiger partial charge on any atom is 0.269 e. The minimum atomic E-state index is -0.402. The van der Waals surface area contributed by atoms with E-state index >= 15 is 0 Å². The van der Waals surface area contributed by atoms with Crippen molar-refractivity contribution in [1.29, 1.82) is 0 Å². The van der Waals surface area contributed by atoms with Crippen LogP contribution in [0.4, 0.5) is 0 Å². The van der Waals surface area contributed by atoms with Gasteiger partial charge in [-0.1, -0.05) is 5.16 Å². The molecule has 86 valence electrons. The number of amides is 1. The second-order valence-corrected chi connectivity index (χ2v) is 3.78. The van der Waals surface area contributed by atoms with Crippen molar-refractivity contribution in [2.24, 2.45) is 16.8 Å². The number of hydrogen-bond donors (Lipinski definition) is 4. The number of oxime groups is 1. The van der Waals surface area contributed by atoms with Gasteiger partial charge in [-0.2, -0.15) is 5.10 Å². The first-order chi connectivity index (χ1) is 7.72. The lowest BCUT2D eigenvalue weighted by Gasteiger charge is -2.15. The van der Waals surface area contributed by atoms with Gasteiger partial charge in [0.25, 0.3) is 5.91 Å². The monoisotopic (exact) mass is 223 g/mol. The topological polar surface area (TPSA) is 116 Å². The van der Waals surface area contributed by atoms with Gasteiger partial charge in [-0.25, -0.2) is 0 Å². The van der Waals surface area contributed by atoms with Crippen molar-refractivity contribution in [1.82, 2.24) is 15.5 Å². The predicted molar refractivity (Wildman–Crippen MR) is 56.0 cm³/mol. The number of aromatic nitrogens is 2. The van der Waals surface area contributed by atoms with Crippen LogP contribution in [-0.4, -0.2) is 33.2 Å². The van der Waals surface area contributed by atoms with Crippen molar-refractivity contribution in [3.05, 3.63) is 18.0 Å². The molecule has 1 aromatic heterocycles. The molecule has 1 aliphatic rings. The molecule has 1 heterocycles. The molecule has 0 bridgehead atoms. The summed E-state index contributed by atoms with van der Waals surface area (Å²) in [7, 11) is 0. The van der Waals surface area contributed by atoms with Crippen molar-refractivity contribution in [2.45, 2.75) is 18.9 Å². The molecule has 16 heavy (non-hydrogen) atoms. The molecule has 0 saturated heterocycles. The number of amidine groups is 1. The number of H-pyrrole nitrogens is 1. The Kier molecular flexibility index (Phi) is 2.76. The van der Waals surface area contributed by atoms with Crippen LogP contribution in [0.5, 0.6) is 0 Å². The third-order valence-electron chi connectivity index (χ3n) is 2.56. The summed E-state index contributed by atoms with van der Waals surface area (Å²) >= 11 is 0. The average Bonchev–Trinajstić information content (AvgIpc) is 2.98. The highest BCUT2D eigenvalue weighted by molar-refractivity contribution is 5.97. The van der Waals surface area contributed by atoms with Crippen LogP contribution in [0.1, 0.15) is 23.3 Å². The van der Waals surface area contributed by atoms with E-state index in [1.807, 2.05) is 0 Å². The molecule has 1 aliphatic carbocycles. The van der Waals surface area contributed by atoms with E-state index in [2.05, 4.69) is 20.7 Å². The van der Waals surface area contributed by atoms with Crippen LogP contribution >= 0.6 is 0 Å². The number of nitrogens with zero attached hydrogens (tertiary/aromatic N) is 2. The zero-order valence-corrected chi connectivity index (χ0v) is 8.55. The Balaban J connectivity index is 2.03. The molecule has 1 amide bonds. The molecule has 1 fully saturated rings. The summed E-state index contributed by atoms with van der Waals surface area (Å²) in [5.41, 5.74) is 5.88. The van der Waals surface area contributed by atoms with Gasteiger partial charge in [0.2, 0.25) is 0 Å². The van der Waals surface area contributed by atoms with Crippen molar-refractivity contribution < 1.29 is 10.0 Å². The lowest BCUT2D eigenvalue weighted by molar-refractivity contribution is 0.0938. The van der Waals surface area contributed by atoms with Crippen LogP contribution < -0.4 is 11.1 Å². The van der Waals surface area contributed by atoms with E-state index in [-0.39, 0.29) is 17.7 Å². The van der Waals surface area contributed by atoms with Gasteiger partial charge in [0, 0.05) is 6.20 Å². The van der Waals surface area contributed by atoms with Gasteiger partial charge in [0.05, 0.1) is 6.04 Å². The van der Waals surface area contributed by atoms with Gasteiger partial charge in [0.1, 0.15) is 5.69 Å². The second kappa shape index (κ2) is 4.21. The molecule has 0 aliphatic heterocycles. The molecular formula is C9H13N5O2. The Labute approximate surface area is 91.7 Å². The zero-order valence-electron chi connectivity index (χ0n) is 8.55. The molecule has 0 spiro atoms. The van der Waals surface area contributed by atoms with Gasteiger partial charge >= 0.3 is 0 Å². The summed E-state index contributed by atoms with van der Waals surface area (Å²) in [6, 6.07) is 1.16. The SMILES string of the molecule is NC(=NO)C(NC(=O)c1ccn[nH]1)C1CC1. The van der Waals surface area contributed by atoms with Gasteiger partial charge in [-0.05, 0) is 24.8 Å². The summed E-state index contributed by atoms with van der Waals surface area (Å²) in [5, 5.41) is 20.5. The quantitative estimate of drug-likeness (QED) is 0.242. The number of nitrogens with one attached hydrogen (secondary N) is 2. The lowest BCUT2D eigenvalue weighted by Crippen LogP contribution is -2.46. The average molecular weight is 223 g/mol. The molecule has 2 rings (SSSR count). The third kappa shape index (κ3) is 2.13. The van der Waals surface area contributed by atoms with Crippen LogP contribution in [0.3, 0.4) is 0 Å². The van der Waals surface area contributed by atoms with Gasteiger partial charge in [-0.3, -0.25) is 9.89 Å². The number of hydrogen-bond acceptors (Lipinski definition) is 4. The van der Waals surface area contributed by atoms with Crippen LogP contribution in [0.25, 0.3) is 0 Å². The van der Waals surface area contributed by atoms with E-state index < -0.39 is 6.04 Å². The molecule has 7 nitrogen and oxygen atoms in total. The Bertz CT molecular complexity index is 396. The van der Waals surface area contributed by atoms with Gasteiger partial charge < -0.3 is 16.3 Å². The Hall–Kier alpha value is -2.05. The molecule has 5 N–H and O–H groups in total. The molecule has 1 saturated carbocycles. The number of carbonyl (C=O) groups is 1. The fourth-order valence-corrected chi connectivity index (χ4v) is 1.53. The van der Waals surface area contributed by atoms with Crippen molar-refractivity contribution >= 4 is 11.7 Å². The Morgan fingerprint density at radius 1 is 1.75 bits per heavy atom. The lowest BCUT2D eigenvalue weighted by atomic mass is 10.1. The number of carbonyl (C=O) groups excluding carboxylic acids is 1. The fraction of sp³-hybridized carbons (Fsp3) is 0.444. The molecular weight excluding hydrogens is 210 g/mol. The first-order valence-corrected chi connectivity index (χ1v) is 5.00. The smallest absolute Gasteiger partial charge is 0.269 e. The number of rotatable bonds is 4.